The second kappa shape index (κ2) is 3.21. The molecule has 13 heavy (non-hydrogen) atoms. The first-order valence-electron chi connectivity index (χ1n) is 3.60. The topological polar surface area (TPSA) is 17.3 Å². The van der Waals surface area contributed by atoms with Crippen molar-refractivity contribution in [3.8, 4) is 0 Å². The highest BCUT2D eigenvalue weighted by molar-refractivity contribution is 14.1. The first kappa shape index (κ1) is 8.86. The lowest BCUT2D eigenvalue weighted by Crippen LogP contribution is -1.93. The van der Waals surface area contributed by atoms with E-state index in [0.717, 1.165) is 3.70 Å². The second-order valence-electron chi connectivity index (χ2n) is 2.54. The van der Waals surface area contributed by atoms with Crippen molar-refractivity contribution in [2.45, 2.75) is 6.43 Å². The molecule has 2 nitrogen and oxygen atoms in total. The summed E-state index contributed by atoms with van der Waals surface area (Å²) in [6.07, 6.45) is 0.819. The largest absolute Gasteiger partial charge is 0.295 e. The molecular formula is C8H5F2IN2. The van der Waals surface area contributed by atoms with Crippen LogP contribution in [0, 0.1) is 3.70 Å². The Balaban J connectivity index is 2.77. The number of alkyl halides is 2. The van der Waals surface area contributed by atoms with E-state index in [4.69, 9.17) is 0 Å². The van der Waals surface area contributed by atoms with Gasteiger partial charge in [-0.2, -0.15) is 0 Å². The van der Waals surface area contributed by atoms with Gasteiger partial charge in [-0.05, 0) is 34.7 Å². The van der Waals surface area contributed by atoms with Crippen LogP contribution in [0.15, 0.2) is 24.5 Å². The van der Waals surface area contributed by atoms with Gasteiger partial charge in [-0.1, -0.05) is 0 Å². The van der Waals surface area contributed by atoms with Gasteiger partial charge in [0, 0.05) is 6.20 Å². The molecule has 2 rings (SSSR count). The molecule has 0 amide bonds. The van der Waals surface area contributed by atoms with E-state index in [1.54, 1.807) is 22.9 Å². The fraction of sp³-hybridized carbons (Fsp3) is 0.125. The summed E-state index contributed by atoms with van der Waals surface area (Å²) in [5, 5.41) is 0. The highest BCUT2D eigenvalue weighted by atomic mass is 127. The van der Waals surface area contributed by atoms with Crippen LogP contribution >= 0.6 is 22.6 Å². The Hall–Kier alpha value is -0.720. The van der Waals surface area contributed by atoms with Crippen LogP contribution in [0.2, 0.25) is 0 Å². The van der Waals surface area contributed by atoms with Crippen LogP contribution in [0.3, 0.4) is 0 Å². The molecule has 0 spiro atoms. The van der Waals surface area contributed by atoms with Crippen LogP contribution in [0.25, 0.3) is 5.65 Å². The molecule has 2 aromatic heterocycles. The Morgan fingerprint density at radius 3 is 2.92 bits per heavy atom. The van der Waals surface area contributed by atoms with Gasteiger partial charge in [0.1, 0.15) is 9.35 Å². The zero-order valence-electron chi connectivity index (χ0n) is 6.42. The molecule has 0 saturated carbocycles. The van der Waals surface area contributed by atoms with Crippen LogP contribution in [-0.2, 0) is 0 Å². The summed E-state index contributed by atoms with van der Waals surface area (Å²) in [5.74, 6) is 0. The van der Waals surface area contributed by atoms with E-state index in [1.165, 1.54) is 6.07 Å². The smallest absolute Gasteiger partial charge is 0.267 e. The molecule has 0 aromatic carbocycles. The quantitative estimate of drug-likeness (QED) is 0.739. The highest BCUT2D eigenvalue weighted by Crippen LogP contribution is 2.23. The third-order valence-electron chi connectivity index (χ3n) is 1.76. The zero-order valence-corrected chi connectivity index (χ0v) is 8.57. The maximum absolute atomic E-state index is 12.5. The molecule has 0 fully saturated rings. The van der Waals surface area contributed by atoms with Gasteiger partial charge in [-0.3, -0.25) is 4.40 Å². The van der Waals surface area contributed by atoms with E-state index in [2.05, 4.69) is 4.98 Å². The van der Waals surface area contributed by atoms with E-state index in [1.807, 2.05) is 22.6 Å². The molecule has 0 aliphatic rings. The lowest BCUT2D eigenvalue weighted by molar-refractivity contribution is 0.152. The molecule has 68 valence electrons. The van der Waals surface area contributed by atoms with Crippen molar-refractivity contribution >= 4 is 28.2 Å². The number of fused-ring (bicyclic) bond motifs is 1. The van der Waals surface area contributed by atoms with Crippen molar-refractivity contribution in [2.24, 2.45) is 0 Å². The van der Waals surface area contributed by atoms with Gasteiger partial charge in [0.05, 0.1) is 11.8 Å². The molecule has 0 aliphatic heterocycles. The molecule has 2 aromatic rings. The Morgan fingerprint density at radius 1 is 1.46 bits per heavy atom. The summed E-state index contributed by atoms with van der Waals surface area (Å²) in [6, 6.07) is 2.99. The van der Waals surface area contributed by atoms with E-state index in [9.17, 15) is 8.78 Å². The number of nitrogens with zero attached hydrogens (tertiary/aromatic N) is 2. The van der Waals surface area contributed by atoms with Gasteiger partial charge in [-0.25, -0.2) is 13.8 Å². The SMILES string of the molecule is FC(F)c1cccn2c(I)cnc12. The van der Waals surface area contributed by atoms with Gasteiger partial charge in [0.15, 0.2) is 0 Å². The van der Waals surface area contributed by atoms with Gasteiger partial charge >= 0.3 is 0 Å². The van der Waals surface area contributed by atoms with E-state index < -0.39 is 6.43 Å². The molecule has 2 heterocycles. The highest BCUT2D eigenvalue weighted by Gasteiger charge is 2.13. The molecular weight excluding hydrogens is 289 g/mol. The predicted molar refractivity (Wildman–Crippen MR) is 52.9 cm³/mol. The van der Waals surface area contributed by atoms with Gasteiger partial charge in [-0.15, -0.1) is 0 Å². The van der Waals surface area contributed by atoms with Crippen LogP contribution in [0.5, 0.6) is 0 Å². The molecule has 5 heteroatoms. The number of hydrogen-bond donors (Lipinski definition) is 0. The Kier molecular flexibility index (Phi) is 2.19. The normalized spacial score (nSPS) is 11.4. The van der Waals surface area contributed by atoms with Crippen molar-refractivity contribution in [3.63, 3.8) is 0 Å². The third kappa shape index (κ3) is 1.41. The first-order valence-corrected chi connectivity index (χ1v) is 4.67. The minimum atomic E-state index is -2.47. The second-order valence-corrected chi connectivity index (χ2v) is 3.64. The van der Waals surface area contributed by atoms with E-state index >= 15 is 0 Å². The fourth-order valence-corrected chi connectivity index (χ4v) is 1.70. The summed E-state index contributed by atoms with van der Waals surface area (Å²) >= 11 is 2.05. The molecule has 0 N–H and O–H groups in total. The van der Waals surface area contributed by atoms with E-state index in [-0.39, 0.29) is 5.56 Å². The maximum atomic E-state index is 12.5. The van der Waals surface area contributed by atoms with Crippen molar-refractivity contribution in [1.82, 2.24) is 9.38 Å². The summed E-state index contributed by atoms with van der Waals surface area (Å²) < 4.78 is 27.4. The Labute approximate surface area is 86.7 Å². The molecule has 0 radical (unpaired) electrons. The molecule has 0 unspecified atom stereocenters. The Morgan fingerprint density at radius 2 is 2.23 bits per heavy atom. The number of aromatic nitrogens is 2. The van der Waals surface area contributed by atoms with Gasteiger partial charge in [0.2, 0.25) is 0 Å². The van der Waals surface area contributed by atoms with Crippen LogP contribution in [0.1, 0.15) is 12.0 Å². The monoisotopic (exact) mass is 294 g/mol. The summed E-state index contributed by atoms with van der Waals surface area (Å²) in [4.78, 5) is 3.91. The number of pyridine rings is 1. The van der Waals surface area contributed by atoms with Crippen LogP contribution in [0.4, 0.5) is 8.78 Å². The molecule has 0 bridgehead atoms. The Bertz CT molecular complexity index is 439. The number of halogens is 3. The summed E-state index contributed by atoms with van der Waals surface area (Å²) in [6.45, 7) is 0. The number of rotatable bonds is 1. The average molecular weight is 294 g/mol. The van der Waals surface area contributed by atoms with Crippen molar-refractivity contribution in [2.75, 3.05) is 0 Å². The lowest BCUT2D eigenvalue weighted by atomic mass is 10.3. The molecule has 0 atom stereocenters. The van der Waals surface area contributed by atoms with Crippen molar-refractivity contribution < 1.29 is 8.78 Å². The molecule has 0 aliphatic carbocycles. The molecule has 0 saturated heterocycles. The standard InChI is InChI=1S/C8H5F2IN2/c9-7(10)5-2-1-3-13-6(11)4-12-8(5)13/h1-4,7H. The van der Waals surface area contributed by atoms with Gasteiger partial charge in [0.25, 0.3) is 6.43 Å². The maximum Gasteiger partial charge on any atom is 0.267 e. The zero-order chi connectivity index (χ0) is 9.42. The summed E-state index contributed by atoms with van der Waals surface area (Å²) in [7, 11) is 0. The van der Waals surface area contributed by atoms with E-state index in [0.29, 0.717) is 5.65 Å². The number of hydrogen-bond acceptors (Lipinski definition) is 1. The number of imidazole rings is 1. The predicted octanol–water partition coefficient (Wildman–Crippen LogP) is 2.88. The minimum absolute atomic E-state index is 0.0228. The fourth-order valence-electron chi connectivity index (χ4n) is 1.17. The third-order valence-corrected chi connectivity index (χ3v) is 2.55. The first-order chi connectivity index (χ1) is 6.20. The average Bonchev–Trinajstić information content (AvgIpc) is 2.48. The lowest BCUT2D eigenvalue weighted by Gasteiger charge is -2.01. The minimum Gasteiger partial charge on any atom is -0.295 e. The van der Waals surface area contributed by atoms with Gasteiger partial charge < -0.3 is 0 Å². The van der Waals surface area contributed by atoms with Crippen LogP contribution < -0.4 is 0 Å². The summed E-state index contributed by atoms with van der Waals surface area (Å²) in [5.41, 5.74) is 0.312. The van der Waals surface area contributed by atoms with Crippen molar-refractivity contribution in [1.29, 1.82) is 0 Å². The van der Waals surface area contributed by atoms with Crippen LogP contribution in [-0.4, -0.2) is 9.38 Å². The van der Waals surface area contributed by atoms with Crippen molar-refractivity contribution in [3.05, 3.63) is 33.8 Å².